The molecule has 2 saturated carbocycles. The Morgan fingerprint density at radius 1 is 1.03 bits per heavy atom. The van der Waals surface area contributed by atoms with Gasteiger partial charge in [-0.25, -0.2) is 10.8 Å². The van der Waals surface area contributed by atoms with Crippen LogP contribution in [-0.2, 0) is 0 Å². The van der Waals surface area contributed by atoms with Gasteiger partial charge in [0.1, 0.15) is 0 Å². The third-order valence-electron chi connectivity index (χ3n) is 6.62. The second-order valence-electron chi connectivity index (χ2n) is 8.85. The number of nitrogens with zero attached hydrogens (tertiary/aromatic N) is 5. The predicted octanol–water partition coefficient (Wildman–Crippen LogP) is 4.94. The summed E-state index contributed by atoms with van der Waals surface area (Å²) in [6.45, 7) is 0. The Hall–Kier alpha value is -2.13. The maximum absolute atomic E-state index is 6.54. The van der Waals surface area contributed by atoms with Crippen molar-refractivity contribution in [2.24, 2.45) is 11.6 Å². The summed E-state index contributed by atoms with van der Waals surface area (Å²) in [5.41, 5.74) is 8.12. The predicted molar refractivity (Wildman–Crippen MR) is 129 cm³/mol. The molecule has 2 fully saturated rings. The Morgan fingerprint density at radius 2 is 1.78 bits per heavy atom. The molecule has 3 aromatic rings. The van der Waals surface area contributed by atoms with Gasteiger partial charge in [0.2, 0.25) is 5.95 Å². The van der Waals surface area contributed by atoms with E-state index in [-0.39, 0.29) is 12.1 Å². The molecule has 32 heavy (non-hydrogen) atoms. The molecule has 0 saturated heterocycles. The van der Waals surface area contributed by atoms with E-state index in [9.17, 15) is 0 Å². The van der Waals surface area contributed by atoms with Gasteiger partial charge in [-0.1, -0.05) is 36.0 Å². The third-order valence-corrected chi connectivity index (χ3v) is 7.16. The first-order valence-corrected chi connectivity index (χ1v) is 12.0. The average molecular weight is 475 g/mol. The van der Waals surface area contributed by atoms with Crippen molar-refractivity contribution in [2.45, 2.75) is 69.5 Å². The van der Waals surface area contributed by atoms with Crippen LogP contribution in [0.2, 0.25) is 10.0 Å². The molecule has 0 atom stereocenters. The van der Waals surface area contributed by atoms with Crippen molar-refractivity contribution < 1.29 is 0 Å². The smallest absolute Gasteiger partial charge is 0.227 e. The van der Waals surface area contributed by atoms with E-state index in [1.807, 2.05) is 6.33 Å². The maximum Gasteiger partial charge on any atom is 0.227 e. The van der Waals surface area contributed by atoms with Gasteiger partial charge in [0.15, 0.2) is 17.0 Å². The summed E-state index contributed by atoms with van der Waals surface area (Å²) in [5.74, 6) is 7.59. The zero-order valence-corrected chi connectivity index (χ0v) is 19.4. The van der Waals surface area contributed by atoms with Gasteiger partial charge in [0.25, 0.3) is 0 Å². The second kappa shape index (κ2) is 9.02. The van der Waals surface area contributed by atoms with E-state index in [0.717, 1.165) is 44.2 Å². The van der Waals surface area contributed by atoms with Crippen LogP contribution in [0.4, 0.5) is 17.5 Å². The van der Waals surface area contributed by atoms with E-state index in [2.05, 4.69) is 14.9 Å². The van der Waals surface area contributed by atoms with E-state index in [0.29, 0.717) is 39.1 Å². The van der Waals surface area contributed by atoms with Crippen molar-refractivity contribution >= 4 is 51.8 Å². The van der Waals surface area contributed by atoms with Crippen LogP contribution >= 0.6 is 23.2 Å². The SMILES string of the molecule is NC1CCC(Nc2nc(N(N)c3ccc(Cl)cc3Cl)c3ncn(C4CCCC4)c3n2)CC1. The van der Waals surface area contributed by atoms with E-state index in [4.69, 9.17) is 44.7 Å². The topological polar surface area (TPSA) is 111 Å². The number of fused-ring (bicyclic) bond motifs is 1. The van der Waals surface area contributed by atoms with Gasteiger partial charge in [-0.3, -0.25) is 5.01 Å². The second-order valence-corrected chi connectivity index (χ2v) is 9.70. The Bertz CT molecular complexity index is 1100. The highest BCUT2D eigenvalue weighted by Gasteiger charge is 2.25. The molecule has 2 aliphatic carbocycles. The van der Waals surface area contributed by atoms with Crippen LogP contribution in [-0.4, -0.2) is 31.6 Å². The van der Waals surface area contributed by atoms with Crippen molar-refractivity contribution in [3.63, 3.8) is 0 Å². The third kappa shape index (κ3) is 4.24. The van der Waals surface area contributed by atoms with Crippen LogP contribution in [0.5, 0.6) is 0 Å². The van der Waals surface area contributed by atoms with Crippen LogP contribution in [0.3, 0.4) is 0 Å². The van der Waals surface area contributed by atoms with E-state index in [1.165, 1.54) is 17.9 Å². The number of rotatable bonds is 5. The largest absolute Gasteiger partial charge is 0.351 e. The number of nitrogens with one attached hydrogen (secondary N) is 1. The number of hydrogen-bond acceptors (Lipinski definition) is 7. The highest BCUT2D eigenvalue weighted by atomic mass is 35.5. The highest BCUT2D eigenvalue weighted by molar-refractivity contribution is 6.36. The minimum absolute atomic E-state index is 0.280. The van der Waals surface area contributed by atoms with Crippen LogP contribution in [0.15, 0.2) is 24.5 Å². The van der Waals surface area contributed by atoms with E-state index in [1.54, 1.807) is 18.2 Å². The summed E-state index contributed by atoms with van der Waals surface area (Å²) < 4.78 is 2.17. The lowest BCUT2D eigenvalue weighted by Crippen LogP contribution is -2.33. The van der Waals surface area contributed by atoms with Crippen molar-refractivity contribution in [3.05, 3.63) is 34.6 Å². The molecule has 0 bridgehead atoms. The fourth-order valence-electron chi connectivity index (χ4n) is 4.82. The number of aromatic nitrogens is 4. The van der Waals surface area contributed by atoms with Gasteiger partial charge in [0, 0.05) is 23.1 Å². The molecule has 2 heterocycles. The number of hydrogen-bond donors (Lipinski definition) is 3. The number of benzene rings is 1. The molecule has 5 N–H and O–H groups in total. The maximum atomic E-state index is 6.54. The number of imidazole rings is 1. The molecule has 170 valence electrons. The lowest BCUT2D eigenvalue weighted by atomic mass is 9.92. The quantitative estimate of drug-likeness (QED) is 0.354. The minimum Gasteiger partial charge on any atom is -0.351 e. The number of anilines is 3. The number of hydrazine groups is 1. The van der Waals surface area contributed by atoms with Crippen molar-refractivity contribution in [2.75, 3.05) is 10.3 Å². The molecule has 8 nitrogen and oxygen atoms in total. The van der Waals surface area contributed by atoms with E-state index >= 15 is 0 Å². The van der Waals surface area contributed by atoms with Crippen molar-refractivity contribution in [1.82, 2.24) is 19.5 Å². The van der Waals surface area contributed by atoms with Gasteiger partial charge in [-0.15, -0.1) is 0 Å². The Balaban J connectivity index is 1.56. The van der Waals surface area contributed by atoms with Gasteiger partial charge in [-0.2, -0.15) is 9.97 Å². The average Bonchev–Trinajstić information content (AvgIpc) is 3.44. The summed E-state index contributed by atoms with van der Waals surface area (Å²) in [4.78, 5) is 14.3. The lowest BCUT2D eigenvalue weighted by Gasteiger charge is -2.27. The monoisotopic (exact) mass is 474 g/mol. The first kappa shape index (κ1) is 21.7. The van der Waals surface area contributed by atoms with Gasteiger partial charge >= 0.3 is 0 Å². The molecular weight excluding hydrogens is 447 g/mol. The first-order chi connectivity index (χ1) is 15.5. The molecule has 1 aromatic carbocycles. The standard InChI is InChI=1S/C22H28Cl2N8/c23-13-5-10-18(17(24)11-13)32(26)21-19-20(31(12-27-19)16-3-1-2-4-16)29-22(30-21)28-15-8-6-14(25)7-9-15/h5,10-12,14-16H,1-4,6-9,25-26H2,(H,28,29,30). The highest BCUT2D eigenvalue weighted by Crippen LogP contribution is 2.37. The first-order valence-electron chi connectivity index (χ1n) is 11.3. The van der Waals surface area contributed by atoms with E-state index < -0.39 is 0 Å². The molecule has 2 aliphatic rings. The van der Waals surface area contributed by atoms with Crippen LogP contribution in [0.25, 0.3) is 11.2 Å². The zero-order chi connectivity index (χ0) is 22.2. The fraction of sp³-hybridized carbons (Fsp3) is 0.500. The van der Waals surface area contributed by atoms with Crippen LogP contribution in [0.1, 0.15) is 57.4 Å². The molecule has 2 aromatic heterocycles. The molecule has 0 radical (unpaired) electrons. The molecule has 0 unspecified atom stereocenters. The lowest BCUT2D eigenvalue weighted by molar-refractivity contribution is 0.410. The van der Waals surface area contributed by atoms with Gasteiger partial charge in [-0.05, 0) is 56.7 Å². The molecular formula is C22H28Cl2N8. The number of halogens is 2. The van der Waals surface area contributed by atoms with Crippen LogP contribution < -0.4 is 21.9 Å². The molecule has 0 spiro atoms. The van der Waals surface area contributed by atoms with Gasteiger partial charge < -0.3 is 15.6 Å². The summed E-state index contributed by atoms with van der Waals surface area (Å²) in [7, 11) is 0. The summed E-state index contributed by atoms with van der Waals surface area (Å²) in [6, 6.07) is 6.16. The zero-order valence-electron chi connectivity index (χ0n) is 17.8. The normalized spacial score (nSPS) is 21.9. The minimum atomic E-state index is 0.280. The molecule has 0 amide bonds. The fourth-order valence-corrected chi connectivity index (χ4v) is 5.32. The summed E-state index contributed by atoms with van der Waals surface area (Å²) in [5, 5.41) is 5.97. The Morgan fingerprint density at radius 3 is 2.50 bits per heavy atom. The van der Waals surface area contributed by atoms with Crippen LogP contribution in [0, 0.1) is 0 Å². The summed E-state index contributed by atoms with van der Waals surface area (Å²) in [6.07, 6.45) is 10.5. The molecule has 0 aliphatic heterocycles. The van der Waals surface area contributed by atoms with Crippen molar-refractivity contribution in [3.8, 4) is 0 Å². The summed E-state index contributed by atoms with van der Waals surface area (Å²) >= 11 is 12.5. The van der Waals surface area contributed by atoms with Crippen molar-refractivity contribution in [1.29, 1.82) is 0 Å². The molecule has 10 heteroatoms. The molecule has 5 rings (SSSR count). The Kier molecular flexibility index (Phi) is 6.11. The Labute approximate surface area is 197 Å². The van der Waals surface area contributed by atoms with Gasteiger partial charge in [0.05, 0.1) is 17.0 Å². The number of nitrogens with two attached hydrogens (primary N) is 2.